The third kappa shape index (κ3) is 8.14. The normalized spacial score (nSPS) is 14.4. The van der Waals surface area contributed by atoms with E-state index in [1.54, 1.807) is 19.9 Å². The first-order valence-corrected chi connectivity index (χ1v) is 15.5. The van der Waals surface area contributed by atoms with Crippen LogP contribution < -0.4 is 9.80 Å². The van der Waals surface area contributed by atoms with Crippen molar-refractivity contribution in [2.45, 2.75) is 64.7 Å². The molecule has 0 spiro atoms. The summed E-state index contributed by atoms with van der Waals surface area (Å²) >= 11 is 0. The summed E-state index contributed by atoms with van der Waals surface area (Å²) in [7, 11) is 1.25. The van der Waals surface area contributed by atoms with E-state index >= 15 is 0 Å². The molecule has 4 rings (SSSR count). The summed E-state index contributed by atoms with van der Waals surface area (Å²) in [6.07, 6.45) is -8.75. The number of piperidine rings is 1. The number of rotatable bonds is 8. The van der Waals surface area contributed by atoms with Gasteiger partial charge in [-0.15, -0.1) is 0 Å². The minimum atomic E-state index is -5.13. The molecule has 0 saturated carbocycles. The van der Waals surface area contributed by atoms with Crippen LogP contribution in [0.2, 0.25) is 0 Å². The van der Waals surface area contributed by atoms with E-state index in [9.17, 15) is 45.6 Å². The zero-order valence-electron chi connectivity index (χ0n) is 27.5. The van der Waals surface area contributed by atoms with E-state index in [0.29, 0.717) is 55.0 Å². The predicted octanol–water partition coefficient (Wildman–Crippen LogP) is 8.22. The van der Waals surface area contributed by atoms with Gasteiger partial charge in [-0.25, -0.2) is 9.37 Å². The van der Waals surface area contributed by atoms with Gasteiger partial charge in [0, 0.05) is 32.1 Å². The number of anilines is 2. The lowest BCUT2D eigenvalue weighted by atomic mass is 9.81. The van der Waals surface area contributed by atoms with Gasteiger partial charge in [0.05, 0.1) is 28.8 Å². The Morgan fingerprint density at radius 3 is 2.04 bits per heavy atom. The number of aromatic nitrogens is 1. The Labute approximate surface area is 279 Å². The van der Waals surface area contributed by atoms with Crippen molar-refractivity contribution in [2.75, 3.05) is 36.5 Å². The molecule has 1 aromatic heterocycles. The van der Waals surface area contributed by atoms with Crippen LogP contribution in [0.15, 0.2) is 42.5 Å². The molecule has 0 unspecified atom stereocenters. The van der Waals surface area contributed by atoms with Crippen LogP contribution in [0, 0.1) is 30.0 Å². The Morgan fingerprint density at radius 1 is 0.959 bits per heavy atom. The number of carbonyl (C=O) groups is 2. The smallest absolute Gasteiger partial charge is 0.416 e. The molecule has 49 heavy (non-hydrogen) atoms. The maximum Gasteiger partial charge on any atom is 0.416 e. The van der Waals surface area contributed by atoms with Gasteiger partial charge < -0.3 is 14.5 Å². The molecule has 0 bridgehead atoms. The van der Waals surface area contributed by atoms with Crippen LogP contribution in [0.1, 0.15) is 68.0 Å². The monoisotopic (exact) mass is 692 g/mol. The Kier molecular flexibility index (Phi) is 10.7. The second-order valence-corrected chi connectivity index (χ2v) is 12.5. The van der Waals surface area contributed by atoms with Gasteiger partial charge in [0.25, 0.3) is 0 Å². The summed E-state index contributed by atoms with van der Waals surface area (Å²) in [4.78, 5) is 33.6. The van der Waals surface area contributed by atoms with Crippen LogP contribution in [0.4, 0.5) is 42.2 Å². The van der Waals surface area contributed by atoms with Gasteiger partial charge in [0.2, 0.25) is 5.91 Å². The molecule has 0 radical (unpaired) electrons. The second kappa shape index (κ2) is 14.1. The SMILES string of the molecule is CCOC(=O)CC1CCN(c2cc(-c3ccc(F)cc3C)c(N(C)C(=O)C(C)(C)c3cc(C(F)(F)F)cc(C(F)(F)F)c3)c(C#N)n2)CC1. The number of hydrogen-bond donors (Lipinski definition) is 0. The third-order valence-electron chi connectivity index (χ3n) is 8.75. The van der Waals surface area contributed by atoms with Crippen LogP contribution >= 0.6 is 0 Å². The molecule has 262 valence electrons. The Balaban J connectivity index is 1.81. The quantitative estimate of drug-likeness (QED) is 0.175. The van der Waals surface area contributed by atoms with E-state index in [1.165, 1.54) is 39.1 Å². The van der Waals surface area contributed by atoms with E-state index in [0.717, 1.165) is 4.90 Å². The highest BCUT2D eigenvalue weighted by Crippen LogP contribution is 2.42. The molecule has 1 fully saturated rings. The Morgan fingerprint density at radius 2 is 1.53 bits per heavy atom. The number of likely N-dealkylation sites (N-methyl/N-ethyl adjacent to an activating group) is 1. The molecule has 0 atom stereocenters. The zero-order valence-corrected chi connectivity index (χ0v) is 27.5. The van der Waals surface area contributed by atoms with Crippen molar-refractivity contribution in [1.82, 2.24) is 4.98 Å². The lowest BCUT2D eigenvalue weighted by Crippen LogP contribution is -2.42. The van der Waals surface area contributed by atoms with Crippen molar-refractivity contribution in [2.24, 2.45) is 5.92 Å². The van der Waals surface area contributed by atoms with Crippen LogP contribution in [-0.4, -0.2) is 43.6 Å². The largest absolute Gasteiger partial charge is 0.466 e. The number of carbonyl (C=O) groups excluding carboxylic acids is 2. The number of ether oxygens (including phenoxy) is 1. The molecular formula is C35H35F7N4O3. The van der Waals surface area contributed by atoms with Crippen LogP contribution in [0.3, 0.4) is 0 Å². The number of esters is 1. The summed E-state index contributed by atoms with van der Waals surface area (Å²) in [6.45, 7) is 6.95. The molecule has 3 aromatic rings. The summed E-state index contributed by atoms with van der Waals surface area (Å²) < 4.78 is 101. The van der Waals surface area contributed by atoms with Crippen LogP contribution in [0.5, 0.6) is 0 Å². The van der Waals surface area contributed by atoms with E-state index in [4.69, 9.17) is 4.74 Å². The molecule has 1 aliphatic rings. The maximum absolute atomic E-state index is 14.2. The van der Waals surface area contributed by atoms with Gasteiger partial charge in [0.1, 0.15) is 17.7 Å². The fourth-order valence-corrected chi connectivity index (χ4v) is 6.02. The van der Waals surface area contributed by atoms with Crippen molar-refractivity contribution in [3.63, 3.8) is 0 Å². The van der Waals surface area contributed by atoms with Gasteiger partial charge >= 0.3 is 18.3 Å². The standard InChI is InChI=1S/C35H35F7N4O3/c1-6-49-30(47)14-21-9-11-46(12-10-21)29-18-27(26-8-7-25(36)13-20(26)2)31(28(19-43)44-29)45(5)32(48)33(3,4)22-15-23(34(37,38)39)17-24(16-22)35(40,41)42/h7-8,13,15-18,21H,6,9-12,14H2,1-5H3. The molecular weight excluding hydrogens is 657 g/mol. The first kappa shape index (κ1) is 37.2. The molecule has 2 heterocycles. The number of hydrogen-bond acceptors (Lipinski definition) is 6. The van der Waals surface area contributed by atoms with Crippen molar-refractivity contribution in [3.8, 4) is 17.2 Å². The molecule has 0 N–H and O–H groups in total. The van der Waals surface area contributed by atoms with Gasteiger partial charge in [0.15, 0.2) is 5.69 Å². The Hall–Kier alpha value is -4.67. The minimum absolute atomic E-state index is 0.0146. The first-order chi connectivity index (χ1) is 22.8. The fraction of sp³-hybridized carbons (Fsp3) is 0.429. The topological polar surface area (TPSA) is 86.5 Å². The van der Waals surface area contributed by atoms with E-state index < -0.39 is 46.2 Å². The predicted molar refractivity (Wildman–Crippen MR) is 168 cm³/mol. The van der Waals surface area contributed by atoms with Gasteiger partial charge in [-0.2, -0.15) is 31.6 Å². The van der Waals surface area contributed by atoms with Gasteiger partial charge in [-0.1, -0.05) is 6.07 Å². The van der Waals surface area contributed by atoms with Crippen molar-refractivity contribution in [3.05, 3.63) is 76.2 Å². The average molecular weight is 693 g/mol. The van der Waals surface area contributed by atoms with E-state index in [-0.39, 0.29) is 47.9 Å². The molecule has 7 nitrogen and oxygen atoms in total. The Bertz CT molecular complexity index is 1740. The van der Waals surface area contributed by atoms with Crippen LogP contribution in [-0.2, 0) is 32.1 Å². The summed E-state index contributed by atoms with van der Waals surface area (Å²) in [5, 5.41) is 10.3. The summed E-state index contributed by atoms with van der Waals surface area (Å²) in [6, 6.07) is 8.48. The maximum atomic E-state index is 14.2. The van der Waals surface area contributed by atoms with Crippen LogP contribution in [0.25, 0.3) is 11.1 Å². The molecule has 2 aromatic carbocycles. The number of pyridine rings is 1. The minimum Gasteiger partial charge on any atom is -0.466 e. The molecule has 14 heteroatoms. The van der Waals surface area contributed by atoms with E-state index in [2.05, 4.69) is 4.98 Å². The molecule has 1 aliphatic heterocycles. The lowest BCUT2D eigenvalue weighted by Gasteiger charge is -2.35. The summed E-state index contributed by atoms with van der Waals surface area (Å²) in [5.74, 6) is -1.33. The van der Waals surface area contributed by atoms with Crippen molar-refractivity contribution < 1.29 is 45.1 Å². The average Bonchev–Trinajstić information content (AvgIpc) is 3.03. The first-order valence-electron chi connectivity index (χ1n) is 15.5. The second-order valence-electron chi connectivity index (χ2n) is 12.5. The zero-order chi connectivity index (χ0) is 36.5. The number of alkyl halides is 6. The van der Waals surface area contributed by atoms with Crippen molar-refractivity contribution in [1.29, 1.82) is 5.26 Å². The highest BCUT2D eigenvalue weighted by molar-refractivity contribution is 6.04. The van der Waals surface area contributed by atoms with Crippen molar-refractivity contribution >= 4 is 23.4 Å². The number of nitrogens with zero attached hydrogens (tertiary/aromatic N) is 4. The molecule has 1 saturated heterocycles. The number of nitriles is 1. The summed E-state index contributed by atoms with van der Waals surface area (Å²) in [5.41, 5.74) is -4.81. The molecule has 0 aliphatic carbocycles. The number of benzene rings is 2. The highest BCUT2D eigenvalue weighted by Gasteiger charge is 2.42. The fourth-order valence-electron chi connectivity index (χ4n) is 6.02. The highest BCUT2D eigenvalue weighted by atomic mass is 19.4. The molecule has 1 amide bonds. The number of aryl methyl sites for hydroxylation is 1. The van der Waals surface area contributed by atoms with Gasteiger partial charge in [-0.05, 0) is 99.5 Å². The van der Waals surface area contributed by atoms with Gasteiger partial charge in [-0.3, -0.25) is 9.59 Å². The third-order valence-corrected chi connectivity index (χ3v) is 8.75. The van der Waals surface area contributed by atoms with E-state index in [1.807, 2.05) is 11.0 Å². The lowest BCUT2D eigenvalue weighted by molar-refractivity contribution is -0.145. The number of halogens is 7. The number of amides is 1.